The lowest BCUT2D eigenvalue weighted by Gasteiger charge is -2.36. The Labute approximate surface area is 184 Å². The molecule has 0 aliphatic carbocycles. The molecule has 178 valence electrons. The summed E-state index contributed by atoms with van der Waals surface area (Å²) < 4.78 is 6.09. The molecular formula is C24H54O4Si. The number of allylic oxidation sites excluding steroid dienone is 4. The number of rotatable bonds is 10. The van der Waals surface area contributed by atoms with Crippen molar-refractivity contribution in [2.45, 2.75) is 113 Å². The van der Waals surface area contributed by atoms with Crippen molar-refractivity contribution in [1.29, 1.82) is 0 Å². The molecule has 0 saturated heterocycles. The standard InChI is InChI=1S/C13H28OSi.C7H14O.C2H4O2.2CH4/c1-7-8-9-10-11-12-14-15(5,6)13(2,3)4;1-2-3-4-5-6-7-8;1-2(3)4;;/h7-8H,9-12H2,1-6H3;2-3,8H,4-7H2,1H3;1H3,(H,3,4);2*1H4/b8-7+;3-2+;;;. The number of unbranched alkanes of at least 4 members (excludes halogenated alkanes) is 4. The van der Waals surface area contributed by atoms with Crippen molar-refractivity contribution < 1.29 is 19.4 Å². The number of carboxylic acids is 1. The Balaban J connectivity index is -0.000000116. The van der Waals surface area contributed by atoms with Crippen LogP contribution in [-0.2, 0) is 9.22 Å². The van der Waals surface area contributed by atoms with Crippen LogP contribution in [0.15, 0.2) is 24.3 Å². The molecule has 0 aliphatic heterocycles. The van der Waals surface area contributed by atoms with E-state index < -0.39 is 14.3 Å². The molecule has 0 aromatic rings. The Kier molecular flexibility index (Phi) is 33.5. The lowest BCUT2D eigenvalue weighted by molar-refractivity contribution is -0.134. The van der Waals surface area contributed by atoms with E-state index >= 15 is 0 Å². The van der Waals surface area contributed by atoms with Gasteiger partial charge in [-0.2, -0.15) is 0 Å². The van der Waals surface area contributed by atoms with Gasteiger partial charge in [0.1, 0.15) is 0 Å². The van der Waals surface area contributed by atoms with Gasteiger partial charge >= 0.3 is 0 Å². The van der Waals surface area contributed by atoms with Crippen LogP contribution >= 0.6 is 0 Å². The van der Waals surface area contributed by atoms with Crippen molar-refractivity contribution in [3.63, 3.8) is 0 Å². The maximum absolute atomic E-state index is 9.00. The molecule has 0 aromatic heterocycles. The molecule has 0 bridgehead atoms. The van der Waals surface area contributed by atoms with Crippen LogP contribution in [0.5, 0.6) is 0 Å². The quantitative estimate of drug-likeness (QED) is 0.209. The lowest BCUT2D eigenvalue weighted by atomic mass is 10.2. The third-order valence-electron chi connectivity index (χ3n) is 4.28. The van der Waals surface area contributed by atoms with Gasteiger partial charge < -0.3 is 14.6 Å². The predicted octanol–water partition coefficient (Wildman–Crippen LogP) is 7.84. The number of aliphatic carboxylic acids is 1. The molecule has 5 heteroatoms. The third kappa shape index (κ3) is 34.9. The highest BCUT2D eigenvalue weighted by atomic mass is 28.4. The Morgan fingerprint density at radius 3 is 1.62 bits per heavy atom. The molecule has 0 saturated carbocycles. The number of carboxylic acid groups (broad SMARTS) is 1. The molecular weight excluding hydrogens is 380 g/mol. The predicted molar refractivity (Wildman–Crippen MR) is 134 cm³/mol. The lowest BCUT2D eigenvalue weighted by Crippen LogP contribution is -2.40. The van der Waals surface area contributed by atoms with E-state index in [1.165, 1.54) is 19.3 Å². The Bertz CT molecular complexity index is 379. The summed E-state index contributed by atoms with van der Waals surface area (Å²) in [5.41, 5.74) is 0. The van der Waals surface area contributed by atoms with Crippen molar-refractivity contribution >= 4 is 14.3 Å². The molecule has 2 N–H and O–H groups in total. The molecule has 0 spiro atoms. The van der Waals surface area contributed by atoms with Crippen LogP contribution in [0, 0.1) is 0 Å². The van der Waals surface area contributed by atoms with Crippen molar-refractivity contribution in [2.24, 2.45) is 0 Å². The molecule has 0 amide bonds. The molecule has 0 unspecified atom stereocenters. The summed E-state index contributed by atoms with van der Waals surface area (Å²) in [5.74, 6) is -0.833. The fourth-order valence-electron chi connectivity index (χ4n) is 1.62. The van der Waals surface area contributed by atoms with E-state index in [4.69, 9.17) is 19.4 Å². The third-order valence-corrected chi connectivity index (χ3v) is 8.82. The first-order chi connectivity index (χ1) is 12.5. The highest BCUT2D eigenvalue weighted by Gasteiger charge is 2.36. The zero-order valence-electron chi connectivity index (χ0n) is 19.2. The van der Waals surface area contributed by atoms with Gasteiger partial charge in [-0.25, -0.2) is 0 Å². The van der Waals surface area contributed by atoms with Crippen LogP contribution in [0.1, 0.15) is 94.9 Å². The van der Waals surface area contributed by atoms with Gasteiger partial charge in [0.25, 0.3) is 5.97 Å². The fraction of sp³-hybridized carbons (Fsp3) is 0.792. The van der Waals surface area contributed by atoms with Crippen molar-refractivity contribution in [3.8, 4) is 0 Å². The monoisotopic (exact) mass is 434 g/mol. The van der Waals surface area contributed by atoms with Crippen molar-refractivity contribution in [1.82, 2.24) is 0 Å². The molecule has 0 aromatic carbocycles. The van der Waals surface area contributed by atoms with Crippen LogP contribution in [0.3, 0.4) is 0 Å². The number of hydrogen-bond donors (Lipinski definition) is 2. The van der Waals surface area contributed by atoms with E-state index in [-0.39, 0.29) is 14.9 Å². The summed E-state index contributed by atoms with van der Waals surface area (Å²) >= 11 is 0. The topological polar surface area (TPSA) is 66.8 Å². The second kappa shape index (κ2) is 25.1. The molecule has 0 radical (unpaired) electrons. The van der Waals surface area contributed by atoms with Gasteiger partial charge in [0.15, 0.2) is 8.32 Å². The highest BCUT2D eigenvalue weighted by molar-refractivity contribution is 6.74. The van der Waals surface area contributed by atoms with Gasteiger partial charge in [0, 0.05) is 20.1 Å². The Hall–Kier alpha value is -0.913. The van der Waals surface area contributed by atoms with E-state index in [0.717, 1.165) is 32.8 Å². The Morgan fingerprint density at radius 1 is 0.931 bits per heavy atom. The van der Waals surface area contributed by atoms with Gasteiger partial charge in [0.05, 0.1) is 0 Å². The summed E-state index contributed by atoms with van der Waals surface area (Å²) in [6, 6.07) is 0. The molecule has 0 aliphatic rings. The first kappa shape index (κ1) is 38.7. The number of carbonyl (C=O) groups is 1. The van der Waals surface area contributed by atoms with Gasteiger partial charge in [0.2, 0.25) is 0 Å². The van der Waals surface area contributed by atoms with Crippen molar-refractivity contribution in [2.75, 3.05) is 13.2 Å². The maximum atomic E-state index is 9.00. The minimum atomic E-state index is -1.49. The van der Waals surface area contributed by atoms with E-state index in [9.17, 15) is 0 Å². The average Bonchev–Trinajstić information content (AvgIpc) is 2.54. The summed E-state index contributed by atoms with van der Waals surface area (Å²) in [6.45, 7) is 18.0. The average molecular weight is 435 g/mol. The second-order valence-corrected chi connectivity index (χ2v) is 12.8. The van der Waals surface area contributed by atoms with E-state index in [1.807, 2.05) is 13.0 Å². The van der Waals surface area contributed by atoms with Gasteiger partial charge in [-0.15, -0.1) is 0 Å². The summed E-state index contributed by atoms with van der Waals surface area (Å²) in [5, 5.41) is 16.1. The largest absolute Gasteiger partial charge is 0.481 e. The number of aliphatic hydroxyl groups excluding tert-OH is 1. The van der Waals surface area contributed by atoms with Crippen LogP contribution in [0.4, 0.5) is 0 Å². The Morgan fingerprint density at radius 2 is 1.31 bits per heavy atom. The van der Waals surface area contributed by atoms with Crippen molar-refractivity contribution in [3.05, 3.63) is 24.3 Å². The van der Waals surface area contributed by atoms with E-state index in [1.54, 1.807) is 0 Å². The molecule has 0 fully saturated rings. The maximum Gasteiger partial charge on any atom is 0.300 e. The first-order valence-electron chi connectivity index (χ1n) is 10.1. The van der Waals surface area contributed by atoms with Crippen LogP contribution in [-0.4, -0.2) is 37.7 Å². The number of hydrogen-bond acceptors (Lipinski definition) is 3. The van der Waals surface area contributed by atoms with Crippen LogP contribution < -0.4 is 0 Å². The normalized spacial score (nSPS) is 10.9. The molecule has 0 heterocycles. The summed E-state index contributed by atoms with van der Waals surface area (Å²) in [7, 11) is -1.49. The minimum absolute atomic E-state index is 0. The zero-order chi connectivity index (χ0) is 21.8. The summed E-state index contributed by atoms with van der Waals surface area (Å²) in [4.78, 5) is 9.00. The molecule has 0 rings (SSSR count). The highest BCUT2D eigenvalue weighted by Crippen LogP contribution is 2.36. The van der Waals surface area contributed by atoms with Gasteiger partial charge in [-0.05, 0) is 70.5 Å². The zero-order valence-corrected chi connectivity index (χ0v) is 20.2. The van der Waals surface area contributed by atoms with Crippen LogP contribution in [0.2, 0.25) is 18.1 Å². The smallest absolute Gasteiger partial charge is 0.300 e. The number of aliphatic hydroxyl groups is 1. The molecule has 29 heavy (non-hydrogen) atoms. The fourth-order valence-corrected chi connectivity index (χ4v) is 2.70. The first-order valence-corrected chi connectivity index (χ1v) is 13.0. The van der Waals surface area contributed by atoms with E-state index in [2.05, 4.69) is 59.0 Å². The molecule has 0 atom stereocenters. The van der Waals surface area contributed by atoms with E-state index in [0.29, 0.717) is 11.6 Å². The van der Waals surface area contributed by atoms with Gasteiger partial charge in [-0.1, -0.05) is 59.9 Å². The summed E-state index contributed by atoms with van der Waals surface area (Å²) in [6.07, 6.45) is 15.3. The minimum Gasteiger partial charge on any atom is -0.481 e. The van der Waals surface area contributed by atoms with Gasteiger partial charge in [-0.3, -0.25) is 4.79 Å². The van der Waals surface area contributed by atoms with Crippen LogP contribution in [0.25, 0.3) is 0 Å². The second-order valence-electron chi connectivity index (χ2n) is 7.98. The molecule has 4 nitrogen and oxygen atoms in total. The SMILES string of the molecule is C.C.C/C=C/CCCCO.C/C=C/CCCCO[Si](C)(C)C(C)(C)C.CC(=O)O.